The molecule has 1 fully saturated rings. The molecule has 0 radical (unpaired) electrons. The zero-order valence-corrected chi connectivity index (χ0v) is 11.2. The number of carbonyl (C=O) groups is 1. The quantitative estimate of drug-likeness (QED) is 0.498. The maximum Gasteiger partial charge on any atom is 0.265 e. The smallest absolute Gasteiger partial charge is 0.265 e. The Hall–Kier alpha value is -1.46. The van der Waals surface area contributed by atoms with Crippen LogP contribution in [0, 0.1) is 5.82 Å². The van der Waals surface area contributed by atoms with Gasteiger partial charge in [0, 0.05) is 23.7 Å². The highest BCUT2D eigenvalue weighted by Gasteiger charge is 2.20. The first-order chi connectivity index (χ1) is 9.11. The van der Waals surface area contributed by atoms with Crippen LogP contribution in [-0.2, 0) is 6.54 Å². The van der Waals surface area contributed by atoms with Crippen LogP contribution in [0.25, 0.3) is 0 Å². The van der Waals surface area contributed by atoms with Gasteiger partial charge >= 0.3 is 0 Å². The van der Waals surface area contributed by atoms with Gasteiger partial charge in [-0.25, -0.2) is 10.2 Å². The maximum absolute atomic E-state index is 13.8. The van der Waals surface area contributed by atoms with Gasteiger partial charge in [-0.1, -0.05) is 6.42 Å². The molecule has 1 unspecified atom stereocenters. The van der Waals surface area contributed by atoms with Crippen molar-refractivity contribution in [1.29, 1.82) is 0 Å². The Morgan fingerprint density at radius 2 is 2.32 bits per heavy atom. The standard InChI is InChI=1S/C14H20FN3O/c1-10-4-2-3-7-18(10)9-12-8-11(14(19)17-16)5-6-13(12)15/h5-6,8,10H,2-4,7,9,16H2,1H3,(H,17,19). The molecule has 2 rings (SSSR count). The van der Waals surface area contributed by atoms with Crippen molar-refractivity contribution in [2.45, 2.75) is 38.8 Å². The van der Waals surface area contributed by atoms with Crippen molar-refractivity contribution in [3.05, 3.63) is 35.1 Å². The number of carbonyl (C=O) groups excluding carboxylic acids is 1. The number of nitrogen functional groups attached to an aromatic ring is 1. The van der Waals surface area contributed by atoms with Gasteiger partial charge in [0.25, 0.3) is 5.91 Å². The lowest BCUT2D eigenvalue weighted by Gasteiger charge is -2.33. The third-order valence-electron chi connectivity index (χ3n) is 3.75. The van der Waals surface area contributed by atoms with E-state index < -0.39 is 5.91 Å². The predicted octanol–water partition coefficient (Wildman–Crippen LogP) is 1.80. The fourth-order valence-electron chi connectivity index (χ4n) is 2.53. The van der Waals surface area contributed by atoms with Crippen LogP contribution in [0.1, 0.15) is 42.1 Å². The van der Waals surface area contributed by atoms with Gasteiger partial charge in [0.1, 0.15) is 5.82 Å². The van der Waals surface area contributed by atoms with Crippen LogP contribution in [0.4, 0.5) is 4.39 Å². The van der Waals surface area contributed by atoms with Crippen molar-refractivity contribution in [2.24, 2.45) is 5.84 Å². The van der Waals surface area contributed by atoms with Crippen LogP contribution in [0.5, 0.6) is 0 Å². The number of benzene rings is 1. The Morgan fingerprint density at radius 3 is 3.00 bits per heavy atom. The van der Waals surface area contributed by atoms with Gasteiger partial charge in [0.15, 0.2) is 0 Å². The SMILES string of the molecule is CC1CCCCN1Cc1cc(C(=O)NN)ccc1F. The summed E-state index contributed by atoms with van der Waals surface area (Å²) in [6, 6.07) is 4.81. The molecular weight excluding hydrogens is 245 g/mol. The van der Waals surface area contributed by atoms with Crippen molar-refractivity contribution in [1.82, 2.24) is 10.3 Å². The van der Waals surface area contributed by atoms with Gasteiger partial charge < -0.3 is 0 Å². The van der Waals surface area contributed by atoms with E-state index in [1.807, 2.05) is 0 Å². The number of hydrazine groups is 1. The summed E-state index contributed by atoms with van der Waals surface area (Å²) in [4.78, 5) is 13.7. The average molecular weight is 265 g/mol. The molecule has 1 saturated heterocycles. The van der Waals surface area contributed by atoms with Crippen LogP contribution in [0.3, 0.4) is 0 Å². The minimum absolute atomic E-state index is 0.272. The summed E-state index contributed by atoms with van der Waals surface area (Å²) in [6.45, 7) is 3.68. The highest BCUT2D eigenvalue weighted by Crippen LogP contribution is 2.21. The fraction of sp³-hybridized carbons (Fsp3) is 0.500. The van der Waals surface area contributed by atoms with E-state index in [1.165, 1.54) is 18.6 Å². The fourth-order valence-corrected chi connectivity index (χ4v) is 2.53. The lowest BCUT2D eigenvalue weighted by Crippen LogP contribution is -2.37. The first-order valence-electron chi connectivity index (χ1n) is 6.65. The van der Waals surface area contributed by atoms with Crippen LogP contribution >= 0.6 is 0 Å². The molecule has 1 heterocycles. The number of halogens is 1. The van der Waals surface area contributed by atoms with Crippen molar-refractivity contribution >= 4 is 5.91 Å². The largest absolute Gasteiger partial charge is 0.296 e. The lowest BCUT2D eigenvalue weighted by molar-refractivity contribution is 0.0953. The lowest BCUT2D eigenvalue weighted by atomic mass is 10.0. The summed E-state index contributed by atoms with van der Waals surface area (Å²) in [5.74, 6) is 4.43. The average Bonchev–Trinajstić information content (AvgIpc) is 2.42. The minimum Gasteiger partial charge on any atom is -0.296 e. The second-order valence-corrected chi connectivity index (χ2v) is 5.09. The Morgan fingerprint density at radius 1 is 1.53 bits per heavy atom. The first kappa shape index (κ1) is 14.0. The molecule has 1 amide bonds. The van der Waals surface area contributed by atoms with Gasteiger partial charge in [-0.05, 0) is 44.5 Å². The number of hydrogen-bond donors (Lipinski definition) is 2. The highest BCUT2D eigenvalue weighted by molar-refractivity contribution is 5.93. The molecule has 3 N–H and O–H groups in total. The number of piperidine rings is 1. The predicted molar refractivity (Wildman–Crippen MR) is 71.8 cm³/mol. The van der Waals surface area contributed by atoms with Gasteiger partial charge in [-0.15, -0.1) is 0 Å². The van der Waals surface area contributed by atoms with Gasteiger partial charge in [-0.3, -0.25) is 15.1 Å². The topological polar surface area (TPSA) is 58.4 Å². The van der Waals surface area contributed by atoms with E-state index in [0.29, 0.717) is 23.7 Å². The molecule has 0 aromatic heterocycles. The third kappa shape index (κ3) is 3.30. The van der Waals surface area contributed by atoms with Gasteiger partial charge in [0.2, 0.25) is 0 Å². The number of likely N-dealkylation sites (tertiary alicyclic amines) is 1. The number of nitrogens with one attached hydrogen (secondary N) is 1. The van der Waals surface area contributed by atoms with Crippen molar-refractivity contribution < 1.29 is 9.18 Å². The number of hydrogen-bond acceptors (Lipinski definition) is 3. The molecule has 0 saturated carbocycles. The summed E-state index contributed by atoms with van der Waals surface area (Å²) in [5.41, 5.74) is 3.01. The van der Waals surface area contributed by atoms with Crippen molar-refractivity contribution in [3.8, 4) is 0 Å². The number of amides is 1. The first-order valence-corrected chi connectivity index (χ1v) is 6.65. The minimum atomic E-state index is -0.395. The molecule has 1 aromatic rings. The summed E-state index contributed by atoms with van der Waals surface area (Å²) >= 11 is 0. The summed E-state index contributed by atoms with van der Waals surface area (Å²) < 4.78 is 13.8. The molecule has 4 nitrogen and oxygen atoms in total. The molecule has 0 aliphatic carbocycles. The van der Waals surface area contributed by atoms with E-state index in [9.17, 15) is 9.18 Å². The second-order valence-electron chi connectivity index (χ2n) is 5.09. The third-order valence-corrected chi connectivity index (χ3v) is 3.75. The monoisotopic (exact) mass is 265 g/mol. The number of rotatable bonds is 3. The number of nitrogens with two attached hydrogens (primary N) is 1. The Balaban J connectivity index is 2.16. The summed E-state index contributed by atoms with van der Waals surface area (Å²) in [7, 11) is 0. The maximum atomic E-state index is 13.8. The molecule has 1 atom stereocenters. The van der Waals surface area contributed by atoms with Crippen LogP contribution in [-0.4, -0.2) is 23.4 Å². The van der Waals surface area contributed by atoms with Crippen LogP contribution in [0.15, 0.2) is 18.2 Å². The normalized spacial score (nSPS) is 20.3. The molecule has 0 bridgehead atoms. The molecular formula is C14H20FN3O. The molecule has 1 aromatic carbocycles. The van der Waals surface area contributed by atoms with E-state index >= 15 is 0 Å². The molecule has 1 aliphatic heterocycles. The zero-order valence-electron chi connectivity index (χ0n) is 11.2. The van der Waals surface area contributed by atoms with Crippen molar-refractivity contribution in [2.75, 3.05) is 6.54 Å². The van der Waals surface area contributed by atoms with Crippen LogP contribution in [0.2, 0.25) is 0 Å². The van der Waals surface area contributed by atoms with E-state index in [4.69, 9.17) is 5.84 Å². The Kier molecular flexibility index (Phi) is 4.50. The zero-order chi connectivity index (χ0) is 13.8. The summed E-state index contributed by atoms with van der Waals surface area (Å²) in [6.07, 6.45) is 3.52. The van der Waals surface area contributed by atoms with E-state index in [0.717, 1.165) is 19.4 Å². The molecule has 5 heteroatoms. The second kappa shape index (κ2) is 6.12. The van der Waals surface area contributed by atoms with E-state index in [-0.39, 0.29) is 5.82 Å². The highest BCUT2D eigenvalue weighted by atomic mass is 19.1. The molecule has 0 spiro atoms. The van der Waals surface area contributed by atoms with Gasteiger partial charge in [0.05, 0.1) is 0 Å². The summed E-state index contributed by atoms with van der Waals surface area (Å²) in [5, 5.41) is 0. The van der Waals surface area contributed by atoms with Crippen molar-refractivity contribution in [3.63, 3.8) is 0 Å². The van der Waals surface area contributed by atoms with Gasteiger partial charge in [-0.2, -0.15) is 0 Å². The molecule has 19 heavy (non-hydrogen) atoms. The molecule has 1 aliphatic rings. The Bertz CT molecular complexity index is 464. The Labute approximate surface area is 112 Å². The van der Waals surface area contributed by atoms with Crippen LogP contribution < -0.4 is 11.3 Å². The van der Waals surface area contributed by atoms with E-state index in [1.54, 1.807) is 6.07 Å². The van der Waals surface area contributed by atoms with E-state index in [2.05, 4.69) is 17.2 Å². The molecule has 104 valence electrons. The number of nitrogens with zero attached hydrogens (tertiary/aromatic N) is 1.